The zero-order valence-electron chi connectivity index (χ0n) is 15.2. The van der Waals surface area contributed by atoms with Crippen molar-refractivity contribution in [2.45, 2.75) is 26.7 Å². The number of amides is 2. The van der Waals surface area contributed by atoms with Crippen LogP contribution in [0.2, 0.25) is 0 Å². The number of thiazole rings is 1. The van der Waals surface area contributed by atoms with Gasteiger partial charge in [-0.2, -0.15) is 0 Å². The van der Waals surface area contributed by atoms with Crippen molar-refractivity contribution in [3.63, 3.8) is 0 Å². The van der Waals surface area contributed by atoms with Crippen LogP contribution in [-0.2, 0) is 11.2 Å². The van der Waals surface area contributed by atoms with E-state index >= 15 is 0 Å². The molecule has 2 heterocycles. The number of nitrogens with one attached hydrogen (secondary N) is 1. The zero-order valence-corrected chi connectivity index (χ0v) is 16.1. The van der Waals surface area contributed by atoms with Gasteiger partial charge in [0.05, 0.1) is 11.6 Å². The van der Waals surface area contributed by atoms with E-state index in [1.165, 1.54) is 28.4 Å². The van der Waals surface area contributed by atoms with Crippen molar-refractivity contribution in [2.24, 2.45) is 11.8 Å². The summed E-state index contributed by atoms with van der Waals surface area (Å²) < 4.78 is 13.4. The SMILES string of the molecule is Cc1nc(NC(=O)N2CC(C)CC(C(=O)O)C2)sc1Cc1cccc(F)c1. The molecule has 8 heteroatoms. The fraction of sp³-hybridized carbons (Fsp3) is 0.421. The number of carbonyl (C=O) groups excluding carboxylic acids is 1. The minimum absolute atomic E-state index is 0.132. The number of aryl methyl sites for hydroxylation is 1. The maximum atomic E-state index is 13.4. The van der Waals surface area contributed by atoms with Gasteiger partial charge >= 0.3 is 12.0 Å². The molecule has 2 aromatic rings. The molecule has 1 aliphatic heterocycles. The number of benzene rings is 1. The normalized spacial score (nSPS) is 19.7. The van der Waals surface area contributed by atoms with Crippen molar-refractivity contribution in [1.29, 1.82) is 0 Å². The molecule has 1 aromatic heterocycles. The summed E-state index contributed by atoms with van der Waals surface area (Å²) >= 11 is 1.35. The van der Waals surface area contributed by atoms with Crippen molar-refractivity contribution in [1.82, 2.24) is 9.88 Å². The van der Waals surface area contributed by atoms with Gasteiger partial charge in [-0.25, -0.2) is 14.2 Å². The van der Waals surface area contributed by atoms with Crippen LogP contribution in [0.3, 0.4) is 0 Å². The largest absolute Gasteiger partial charge is 0.481 e. The first-order valence-electron chi connectivity index (χ1n) is 8.81. The number of carbonyl (C=O) groups is 2. The second kappa shape index (κ2) is 8.04. The van der Waals surface area contributed by atoms with Crippen LogP contribution in [0.25, 0.3) is 0 Å². The number of likely N-dealkylation sites (tertiary alicyclic amines) is 1. The van der Waals surface area contributed by atoms with Gasteiger partial charge in [0.2, 0.25) is 0 Å². The molecule has 0 bridgehead atoms. The molecule has 0 aliphatic carbocycles. The lowest BCUT2D eigenvalue weighted by Crippen LogP contribution is -2.47. The molecule has 3 rings (SSSR count). The molecular weight excluding hydrogens is 369 g/mol. The molecule has 2 amide bonds. The Labute approximate surface area is 161 Å². The standard InChI is InChI=1S/C19H22FN3O3S/c1-11-6-14(17(24)25)10-23(9-11)19(26)22-18-21-12(2)16(27-18)8-13-4-3-5-15(20)7-13/h3-5,7,11,14H,6,8-10H2,1-2H3,(H,24,25)(H,21,22,26). The summed E-state index contributed by atoms with van der Waals surface area (Å²) in [6, 6.07) is 6.07. The highest BCUT2D eigenvalue weighted by Crippen LogP contribution is 2.27. The number of urea groups is 1. The van der Waals surface area contributed by atoms with Crippen LogP contribution in [-0.4, -0.2) is 40.1 Å². The fourth-order valence-electron chi connectivity index (χ4n) is 3.34. The van der Waals surface area contributed by atoms with E-state index in [4.69, 9.17) is 0 Å². The lowest BCUT2D eigenvalue weighted by molar-refractivity contribution is -0.143. The van der Waals surface area contributed by atoms with Crippen LogP contribution in [0, 0.1) is 24.6 Å². The second-order valence-electron chi connectivity index (χ2n) is 7.05. The van der Waals surface area contributed by atoms with Crippen LogP contribution in [0.4, 0.5) is 14.3 Å². The van der Waals surface area contributed by atoms with Gasteiger partial charge in [-0.3, -0.25) is 10.1 Å². The summed E-state index contributed by atoms with van der Waals surface area (Å²) in [6.45, 7) is 4.52. The van der Waals surface area contributed by atoms with Crippen molar-refractivity contribution < 1.29 is 19.1 Å². The Bertz CT molecular complexity index is 854. The molecule has 1 saturated heterocycles. The molecule has 6 nitrogen and oxygen atoms in total. The van der Waals surface area contributed by atoms with Crippen molar-refractivity contribution in [3.8, 4) is 0 Å². The molecule has 1 fully saturated rings. The van der Waals surface area contributed by atoms with E-state index in [1.54, 1.807) is 6.07 Å². The fourth-order valence-corrected chi connectivity index (χ4v) is 4.33. The van der Waals surface area contributed by atoms with Crippen LogP contribution in [0.5, 0.6) is 0 Å². The average Bonchev–Trinajstić information content (AvgIpc) is 2.93. The molecule has 2 unspecified atom stereocenters. The molecule has 1 aliphatic rings. The van der Waals surface area contributed by atoms with E-state index < -0.39 is 11.9 Å². The third-order valence-corrected chi connectivity index (χ3v) is 5.73. The van der Waals surface area contributed by atoms with E-state index in [0.717, 1.165) is 16.1 Å². The Hall–Kier alpha value is -2.48. The van der Waals surface area contributed by atoms with Crippen LogP contribution in [0.15, 0.2) is 24.3 Å². The maximum Gasteiger partial charge on any atom is 0.323 e. The lowest BCUT2D eigenvalue weighted by atomic mass is 9.91. The monoisotopic (exact) mass is 391 g/mol. The zero-order chi connectivity index (χ0) is 19.6. The van der Waals surface area contributed by atoms with Crippen LogP contribution < -0.4 is 5.32 Å². The first-order valence-corrected chi connectivity index (χ1v) is 9.63. The van der Waals surface area contributed by atoms with E-state index in [1.807, 2.05) is 19.9 Å². The molecule has 1 aromatic carbocycles. The van der Waals surface area contributed by atoms with Gasteiger partial charge in [0.15, 0.2) is 5.13 Å². The maximum absolute atomic E-state index is 13.4. The first kappa shape index (κ1) is 19.3. The summed E-state index contributed by atoms with van der Waals surface area (Å²) in [7, 11) is 0. The van der Waals surface area contributed by atoms with E-state index in [2.05, 4.69) is 10.3 Å². The number of halogens is 1. The Kier molecular flexibility index (Phi) is 5.74. The third kappa shape index (κ3) is 4.82. The van der Waals surface area contributed by atoms with Crippen molar-refractivity contribution in [3.05, 3.63) is 46.2 Å². The Morgan fingerprint density at radius 3 is 2.89 bits per heavy atom. The Balaban J connectivity index is 1.67. The van der Waals surface area contributed by atoms with Gasteiger partial charge < -0.3 is 10.0 Å². The summed E-state index contributed by atoms with van der Waals surface area (Å²) in [5.74, 6) is -1.56. The van der Waals surface area contributed by atoms with Crippen LogP contribution >= 0.6 is 11.3 Å². The molecule has 27 heavy (non-hydrogen) atoms. The van der Waals surface area contributed by atoms with Gasteiger partial charge in [-0.15, -0.1) is 11.3 Å². The number of carboxylic acid groups (broad SMARTS) is 1. The van der Waals surface area contributed by atoms with Gasteiger partial charge in [-0.05, 0) is 37.0 Å². The number of hydrogen-bond donors (Lipinski definition) is 2. The Morgan fingerprint density at radius 2 is 2.19 bits per heavy atom. The molecule has 0 saturated carbocycles. The number of aliphatic carboxylic acids is 1. The van der Waals surface area contributed by atoms with Crippen molar-refractivity contribution in [2.75, 3.05) is 18.4 Å². The van der Waals surface area contributed by atoms with E-state index in [9.17, 15) is 19.1 Å². The summed E-state index contributed by atoms with van der Waals surface area (Å²) in [4.78, 5) is 30.7. The quantitative estimate of drug-likeness (QED) is 0.831. The minimum atomic E-state index is -0.873. The smallest absolute Gasteiger partial charge is 0.323 e. The molecule has 0 spiro atoms. The predicted octanol–water partition coefficient (Wildman–Crippen LogP) is 3.76. The summed E-state index contributed by atoms with van der Waals surface area (Å²) in [6.07, 6.45) is 1.12. The Morgan fingerprint density at radius 1 is 1.41 bits per heavy atom. The van der Waals surface area contributed by atoms with Gasteiger partial charge in [0, 0.05) is 24.4 Å². The van der Waals surface area contributed by atoms with Gasteiger partial charge in [-0.1, -0.05) is 19.1 Å². The number of piperidine rings is 1. The number of carboxylic acids is 1. The predicted molar refractivity (Wildman–Crippen MR) is 102 cm³/mol. The molecule has 144 valence electrons. The number of nitrogens with zero attached hydrogens (tertiary/aromatic N) is 2. The summed E-state index contributed by atoms with van der Waals surface area (Å²) in [5.41, 5.74) is 1.63. The van der Waals surface area contributed by atoms with Gasteiger partial charge in [0.25, 0.3) is 0 Å². The first-order chi connectivity index (χ1) is 12.8. The lowest BCUT2D eigenvalue weighted by Gasteiger charge is -2.34. The van der Waals surface area contributed by atoms with E-state index in [0.29, 0.717) is 24.5 Å². The molecular formula is C19H22FN3O3S. The average molecular weight is 391 g/mol. The van der Waals surface area contributed by atoms with E-state index in [-0.39, 0.29) is 24.3 Å². The number of rotatable bonds is 4. The van der Waals surface area contributed by atoms with Crippen molar-refractivity contribution >= 4 is 28.5 Å². The number of hydrogen-bond acceptors (Lipinski definition) is 4. The topological polar surface area (TPSA) is 82.5 Å². The highest BCUT2D eigenvalue weighted by atomic mass is 32.1. The second-order valence-corrected chi connectivity index (χ2v) is 8.13. The summed E-state index contributed by atoms with van der Waals surface area (Å²) in [5, 5.41) is 12.5. The highest BCUT2D eigenvalue weighted by molar-refractivity contribution is 7.15. The minimum Gasteiger partial charge on any atom is -0.481 e. The number of aromatic nitrogens is 1. The molecule has 2 atom stereocenters. The molecule has 0 radical (unpaired) electrons. The van der Waals surface area contributed by atoms with Gasteiger partial charge in [0.1, 0.15) is 5.82 Å². The third-order valence-electron chi connectivity index (χ3n) is 4.66. The highest BCUT2D eigenvalue weighted by Gasteiger charge is 2.32. The molecule has 2 N–H and O–H groups in total. The van der Waals surface area contributed by atoms with Crippen LogP contribution in [0.1, 0.15) is 29.5 Å². The number of anilines is 1.